The Labute approximate surface area is 157 Å². The Kier molecular flexibility index (Phi) is 6.84. The van der Waals surface area contributed by atoms with Crippen molar-refractivity contribution < 1.29 is 4.79 Å². The summed E-state index contributed by atoms with van der Waals surface area (Å²) in [7, 11) is 0. The number of hydrogen-bond acceptors (Lipinski definition) is 2. The van der Waals surface area contributed by atoms with Crippen molar-refractivity contribution in [1.29, 1.82) is 0 Å². The average Bonchev–Trinajstić information content (AvgIpc) is 3.19. The number of carbonyl (C=O) groups is 1. The Morgan fingerprint density at radius 1 is 1.04 bits per heavy atom. The molecule has 26 heavy (non-hydrogen) atoms. The summed E-state index contributed by atoms with van der Waals surface area (Å²) >= 11 is 0. The number of benzene rings is 2. The van der Waals surface area contributed by atoms with E-state index in [-0.39, 0.29) is 11.9 Å². The molecule has 0 aromatic heterocycles. The summed E-state index contributed by atoms with van der Waals surface area (Å²) in [6.45, 7) is 5.07. The average molecular weight is 351 g/mol. The summed E-state index contributed by atoms with van der Waals surface area (Å²) in [6, 6.07) is 19.4. The first-order valence-electron chi connectivity index (χ1n) is 9.83. The number of hydrogen-bond donors (Lipinski definition) is 1. The highest BCUT2D eigenvalue weighted by atomic mass is 16.1. The lowest BCUT2D eigenvalue weighted by molar-refractivity contribution is -0.121. The second-order valence-electron chi connectivity index (χ2n) is 7.31. The van der Waals surface area contributed by atoms with Crippen LogP contribution in [0.2, 0.25) is 0 Å². The molecule has 0 spiro atoms. The molecule has 138 valence electrons. The van der Waals surface area contributed by atoms with Gasteiger partial charge in [0.1, 0.15) is 0 Å². The van der Waals surface area contributed by atoms with Crippen molar-refractivity contribution >= 4 is 5.91 Å². The molecule has 2 aromatic carbocycles. The van der Waals surface area contributed by atoms with E-state index in [0.717, 1.165) is 25.9 Å². The highest BCUT2D eigenvalue weighted by molar-refractivity contribution is 5.75. The van der Waals surface area contributed by atoms with Crippen LogP contribution in [-0.2, 0) is 11.2 Å². The van der Waals surface area contributed by atoms with Crippen molar-refractivity contribution in [2.24, 2.45) is 0 Å². The van der Waals surface area contributed by atoms with E-state index >= 15 is 0 Å². The number of nitrogens with one attached hydrogen (secondary N) is 1. The first kappa shape index (κ1) is 18.7. The molecule has 1 aliphatic rings. The molecule has 1 saturated heterocycles. The summed E-state index contributed by atoms with van der Waals surface area (Å²) in [5.74, 6) is 0.164. The molecule has 0 bridgehead atoms. The van der Waals surface area contributed by atoms with Gasteiger partial charge in [0.15, 0.2) is 0 Å². The topological polar surface area (TPSA) is 32.3 Å². The van der Waals surface area contributed by atoms with E-state index in [9.17, 15) is 4.79 Å². The van der Waals surface area contributed by atoms with E-state index in [0.29, 0.717) is 13.0 Å². The number of carbonyl (C=O) groups excluding carboxylic acids is 1. The maximum absolute atomic E-state index is 12.3. The lowest BCUT2D eigenvalue weighted by atomic mass is 10.0. The molecule has 1 unspecified atom stereocenters. The standard InChI is InChI=1S/C23H30N2O/c1-19-12-14-21(15-13-19)22(25-16-5-6-17-25)18-24-23(26)11-7-10-20-8-3-2-4-9-20/h2-4,8-9,12-15,22H,5-7,10-11,16-18H2,1H3,(H,24,26). The van der Waals surface area contributed by atoms with E-state index in [1.807, 2.05) is 6.07 Å². The van der Waals surface area contributed by atoms with Crippen LogP contribution in [0.4, 0.5) is 0 Å². The number of rotatable bonds is 8. The van der Waals surface area contributed by atoms with Crippen LogP contribution in [0, 0.1) is 6.92 Å². The van der Waals surface area contributed by atoms with Crippen molar-refractivity contribution in [1.82, 2.24) is 10.2 Å². The fraction of sp³-hybridized carbons (Fsp3) is 0.435. The van der Waals surface area contributed by atoms with Gasteiger partial charge >= 0.3 is 0 Å². The smallest absolute Gasteiger partial charge is 0.220 e. The number of nitrogens with zero attached hydrogens (tertiary/aromatic N) is 1. The first-order valence-corrected chi connectivity index (χ1v) is 9.83. The van der Waals surface area contributed by atoms with Crippen molar-refractivity contribution in [3.05, 3.63) is 71.3 Å². The molecule has 3 rings (SSSR count). The molecular weight excluding hydrogens is 320 g/mol. The monoisotopic (exact) mass is 350 g/mol. The normalized spacial score (nSPS) is 15.7. The molecule has 1 fully saturated rings. The van der Waals surface area contributed by atoms with Gasteiger partial charge in [0.05, 0.1) is 6.04 Å². The molecule has 0 aliphatic carbocycles. The quantitative estimate of drug-likeness (QED) is 0.771. The highest BCUT2D eigenvalue weighted by Gasteiger charge is 2.23. The van der Waals surface area contributed by atoms with Crippen molar-refractivity contribution in [2.75, 3.05) is 19.6 Å². The predicted octanol–water partition coefficient (Wildman–Crippen LogP) is 4.27. The van der Waals surface area contributed by atoms with Gasteiger partial charge in [0, 0.05) is 13.0 Å². The van der Waals surface area contributed by atoms with Gasteiger partial charge in [-0.2, -0.15) is 0 Å². The van der Waals surface area contributed by atoms with E-state index < -0.39 is 0 Å². The van der Waals surface area contributed by atoms with Crippen LogP contribution in [0.25, 0.3) is 0 Å². The largest absolute Gasteiger partial charge is 0.354 e. The molecule has 1 aliphatic heterocycles. The number of likely N-dealkylation sites (tertiary alicyclic amines) is 1. The summed E-state index contributed by atoms with van der Waals surface area (Å²) in [5.41, 5.74) is 3.89. The third-order valence-corrected chi connectivity index (χ3v) is 5.25. The van der Waals surface area contributed by atoms with E-state index in [4.69, 9.17) is 0 Å². The predicted molar refractivity (Wildman–Crippen MR) is 107 cm³/mol. The molecule has 1 atom stereocenters. The second kappa shape index (κ2) is 9.54. The van der Waals surface area contributed by atoms with Gasteiger partial charge in [0.25, 0.3) is 0 Å². The van der Waals surface area contributed by atoms with Crippen molar-refractivity contribution in [3.8, 4) is 0 Å². The molecular formula is C23H30N2O. The summed E-state index contributed by atoms with van der Waals surface area (Å²) in [5, 5.41) is 3.18. The van der Waals surface area contributed by atoms with Gasteiger partial charge in [-0.15, -0.1) is 0 Å². The molecule has 3 nitrogen and oxygen atoms in total. The zero-order chi connectivity index (χ0) is 18.2. The lowest BCUT2D eigenvalue weighted by Gasteiger charge is -2.28. The van der Waals surface area contributed by atoms with E-state index in [1.54, 1.807) is 0 Å². The van der Waals surface area contributed by atoms with Gasteiger partial charge in [0.2, 0.25) is 5.91 Å². The van der Waals surface area contributed by atoms with Crippen molar-refractivity contribution in [3.63, 3.8) is 0 Å². The zero-order valence-corrected chi connectivity index (χ0v) is 15.8. The Balaban J connectivity index is 1.50. The number of aryl methyl sites for hydroxylation is 2. The lowest BCUT2D eigenvalue weighted by Crippen LogP contribution is -2.36. The van der Waals surface area contributed by atoms with Crippen LogP contribution in [0.3, 0.4) is 0 Å². The van der Waals surface area contributed by atoms with Gasteiger partial charge in [-0.05, 0) is 56.8 Å². The first-order chi connectivity index (χ1) is 12.7. The Hall–Kier alpha value is -2.13. The molecule has 2 aromatic rings. The fourth-order valence-corrected chi connectivity index (χ4v) is 3.70. The fourth-order valence-electron chi connectivity index (χ4n) is 3.70. The maximum Gasteiger partial charge on any atom is 0.220 e. The molecule has 3 heteroatoms. The van der Waals surface area contributed by atoms with Crippen LogP contribution < -0.4 is 5.32 Å². The van der Waals surface area contributed by atoms with Crippen molar-refractivity contribution in [2.45, 2.75) is 45.1 Å². The third kappa shape index (κ3) is 5.43. The number of amides is 1. The van der Waals surface area contributed by atoms with Gasteiger partial charge < -0.3 is 5.32 Å². The summed E-state index contributed by atoms with van der Waals surface area (Å²) < 4.78 is 0. The minimum atomic E-state index is 0.164. The molecule has 0 radical (unpaired) electrons. The van der Waals surface area contributed by atoms with Gasteiger partial charge in [-0.1, -0.05) is 60.2 Å². The Bertz CT molecular complexity index is 675. The van der Waals surface area contributed by atoms with Gasteiger partial charge in [-0.25, -0.2) is 0 Å². The highest BCUT2D eigenvalue weighted by Crippen LogP contribution is 2.25. The minimum absolute atomic E-state index is 0.164. The summed E-state index contributed by atoms with van der Waals surface area (Å²) in [4.78, 5) is 14.8. The Morgan fingerprint density at radius 2 is 1.73 bits per heavy atom. The van der Waals surface area contributed by atoms with Gasteiger partial charge in [-0.3, -0.25) is 9.69 Å². The third-order valence-electron chi connectivity index (χ3n) is 5.25. The summed E-state index contributed by atoms with van der Waals surface area (Å²) in [6.07, 6.45) is 4.97. The zero-order valence-electron chi connectivity index (χ0n) is 15.8. The van der Waals surface area contributed by atoms with Crippen LogP contribution in [0.5, 0.6) is 0 Å². The minimum Gasteiger partial charge on any atom is -0.354 e. The molecule has 1 amide bonds. The molecule has 0 saturated carbocycles. The van der Waals surface area contributed by atoms with Crippen LogP contribution in [0.1, 0.15) is 48.4 Å². The second-order valence-corrected chi connectivity index (χ2v) is 7.31. The Morgan fingerprint density at radius 3 is 2.42 bits per heavy atom. The van der Waals surface area contributed by atoms with Crippen LogP contribution in [0.15, 0.2) is 54.6 Å². The molecule has 1 heterocycles. The van der Waals surface area contributed by atoms with Crippen LogP contribution >= 0.6 is 0 Å². The van der Waals surface area contributed by atoms with E-state index in [1.165, 1.54) is 29.5 Å². The molecule has 1 N–H and O–H groups in total. The maximum atomic E-state index is 12.3. The van der Waals surface area contributed by atoms with Crippen LogP contribution in [-0.4, -0.2) is 30.4 Å². The SMILES string of the molecule is Cc1ccc(C(CNC(=O)CCCc2ccccc2)N2CCCC2)cc1. The van der Waals surface area contributed by atoms with E-state index in [2.05, 4.69) is 65.7 Å².